The lowest BCUT2D eigenvalue weighted by molar-refractivity contribution is 0.0956. The molecule has 0 fully saturated rings. The molecule has 0 saturated carbocycles. The summed E-state index contributed by atoms with van der Waals surface area (Å²) in [5, 5.41) is 5.67. The van der Waals surface area contributed by atoms with Crippen molar-refractivity contribution in [3.8, 4) is 22.8 Å². The van der Waals surface area contributed by atoms with E-state index in [2.05, 4.69) is 17.1 Å². The van der Waals surface area contributed by atoms with Crippen LogP contribution in [-0.2, 0) is 13.0 Å². The molecule has 0 aliphatic rings. The van der Waals surface area contributed by atoms with Crippen LogP contribution in [0.2, 0.25) is 5.02 Å². The SMILES string of the molecule is C=CCc1cc(/C=N/NC(=O)c2cc(-c3ccccc3)nc3ccccc23)cc(OC)c1OCc1ccc(Cl)cc1. The molecule has 1 aromatic heterocycles. The predicted octanol–water partition coefficient (Wildman–Crippen LogP) is 7.64. The minimum Gasteiger partial charge on any atom is -0.493 e. The van der Waals surface area contributed by atoms with Gasteiger partial charge in [0.25, 0.3) is 5.91 Å². The normalized spacial score (nSPS) is 11.0. The van der Waals surface area contributed by atoms with Crippen molar-refractivity contribution in [1.82, 2.24) is 10.4 Å². The van der Waals surface area contributed by atoms with Crippen LogP contribution in [-0.4, -0.2) is 24.2 Å². The van der Waals surface area contributed by atoms with Crippen molar-refractivity contribution < 1.29 is 14.3 Å². The number of para-hydroxylation sites is 1. The van der Waals surface area contributed by atoms with Crippen molar-refractivity contribution in [2.24, 2.45) is 5.10 Å². The van der Waals surface area contributed by atoms with Gasteiger partial charge in [0, 0.05) is 21.5 Å². The molecule has 0 saturated heterocycles. The minimum atomic E-state index is -0.335. The number of carbonyl (C=O) groups excluding carboxylic acids is 1. The first-order valence-corrected chi connectivity index (χ1v) is 13.4. The van der Waals surface area contributed by atoms with Crippen LogP contribution in [0.5, 0.6) is 11.5 Å². The molecule has 4 aromatic carbocycles. The third-order valence-electron chi connectivity index (χ3n) is 6.44. The number of pyridine rings is 1. The maximum atomic E-state index is 13.3. The fourth-order valence-corrected chi connectivity index (χ4v) is 4.59. The number of benzene rings is 4. The second-order valence-electron chi connectivity index (χ2n) is 9.26. The number of allylic oxidation sites excluding steroid dienone is 1. The topological polar surface area (TPSA) is 72.8 Å². The lowest BCUT2D eigenvalue weighted by Crippen LogP contribution is -2.18. The molecule has 0 spiro atoms. The predicted molar refractivity (Wildman–Crippen MR) is 165 cm³/mol. The Kier molecular flexibility index (Phi) is 8.72. The molecule has 0 bridgehead atoms. The largest absolute Gasteiger partial charge is 0.493 e. The lowest BCUT2D eigenvalue weighted by atomic mass is 10.0. The first-order valence-electron chi connectivity index (χ1n) is 13.0. The molecule has 0 aliphatic carbocycles. The Labute approximate surface area is 243 Å². The summed E-state index contributed by atoms with van der Waals surface area (Å²) in [7, 11) is 1.59. The molecule has 204 valence electrons. The summed E-state index contributed by atoms with van der Waals surface area (Å²) in [6, 6.07) is 30.4. The number of halogens is 1. The molecule has 0 aliphatic heterocycles. The van der Waals surface area contributed by atoms with E-state index in [1.54, 1.807) is 25.5 Å². The number of ether oxygens (including phenoxy) is 2. The summed E-state index contributed by atoms with van der Waals surface area (Å²) < 4.78 is 11.8. The van der Waals surface area contributed by atoms with Gasteiger partial charge in [0.15, 0.2) is 11.5 Å². The standard InChI is InChI=1S/C34H28ClN3O3/c1-3-9-26-18-24(19-32(40-2)33(26)41-22-23-14-16-27(35)17-15-23)21-36-38-34(39)29-20-31(25-10-5-4-6-11-25)37-30-13-8-7-12-28(29)30/h3-8,10-21H,1,9,22H2,2H3,(H,38,39)/b36-21+. The number of fused-ring (bicyclic) bond motifs is 1. The fourth-order valence-electron chi connectivity index (χ4n) is 4.46. The van der Waals surface area contributed by atoms with Crippen molar-refractivity contribution in [3.63, 3.8) is 0 Å². The Morgan fingerprint density at radius 3 is 2.51 bits per heavy atom. The molecule has 5 rings (SSSR count). The highest BCUT2D eigenvalue weighted by molar-refractivity contribution is 6.30. The van der Waals surface area contributed by atoms with E-state index in [0.29, 0.717) is 40.8 Å². The molecule has 1 N–H and O–H groups in total. The number of amides is 1. The highest BCUT2D eigenvalue weighted by Crippen LogP contribution is 2.34. The van der Waals surface area contributed by atoms with E-state index in [1.165, 1.54) is 0 Å². The highest BCUT2D eigenvalue weighted by Gasteiger charge is 2.15. The summed E-state index contributed by atoms with van der Waals surface area (Å²) in [6.07, 6.45) is 3.94. The van der Waals surface area contributed by atoms with E-state index < -0.39 is 0 Å². The summed E-state index contributed by atoms with van der Waals surface area (Å²) in [5.74, 6) is 0.845. The van der Waals surface area contributed by atoms with E-state index in [1.807, 2.05) is 91.0 Å². The van der Waals surface area contributed by atoms with E-state index in [9.17, 15) is 4.79 Å². The number of methoxy groups -OCH3 is 1. The lowest BCUT2D eigenvalue weighted by Gasteiger charge is -2.16. The Morgan fingerprint density at radius 1 is 1.00 bits per heavy atom. The van der Waals surface area contributed by atoms with Crippen LogP contribution in [0.4, 0.5) is 0 Å². The average molecular weight is 562 g/mol. The van der Waals surface area contributed by atoms with E-state index in [0.717, 1.165) is 33.2 Å². The zero-order valence-electron chi connectivity index (χ0n) is 22.5. The maximum Gasteiger partial charge on any atom is 0.272 e. The molecule has 0 unspecified atom stereocenters. The monoisotopic (exact) mass is 561 g/mol. The molecular weight excluding hydrogens is 534 g/mol. The molecule has 1 heterocycles. The first-order chi connectivity index (χ1) is 20.1. The number of hydrogen-bond acceptors (Lipinski definition) is 5. The van der Waals surface area contributed by atoms with Crippen molar-refractivity contribution in [2.45, 2.75) is 13.0 Å². The fraction of sp³-hybridized carbons (Fsp3) is 0.0882. The molecule has 7 heteroatoms. The third kappa shape index (κ3) is 6.62. The second-order valence-corrected chi connectivity index (χ2v) is 9.69. The van der Waals surface area contributed by atoms with E-state index >= 15 is 0 Å². The summed E-state index contributed by atoms with van der Waals surface area (Å²) in [6.45, 7) is 4.23. The molecule has 0 radical (unpaired) electrons. The summed E-state index contributed by atoms with van der Waals surface area (Å²) in [5.41, 5.74) is 8.14. The minimum absolute atomic E-state index is 0.335. The van der Waals surface area contributed by atoms with Gasteiger partial charge in [-0.05, 0) is 53.9 Å². The third-order valence-corrected chi connectivity index (χ3v) is 6.70. The average Bonchev–Trinajstić information content (AvgIpc) is 3.01. The number of nitrogens with zero attached hydrogens (tertiary/aromatic N) is 2. The van der Waals surface area contributed by atoms with Gasteiger partial charge in [0.05, 0.1) is 30.1 Å². The van der Waals surface area contributed by atoms with Crippen molar-refractivity contribution >= 4 is 34.6 Å². The van der Waals surface area contributed by atoms with Gasteiger partial charge >= 0.3 is 0 Å². The van der Waals surface area contributed by atoms with Crippen molar-refractivity contribution in [3.05, 3.63) is 137 Å². The zero-order chi connectivity index (χ0) is 28.6. The van der Waals surface area contributed by atoms with Gasteiger partial charge in [-0.25, -0.2) is 10.4 Å². The summed E-state index contributed by atoms with van der Waals surface area (Å²) >= 11 is 6.00. The number of carbonyl (C=O) groups is 1. The van der Waals surface area contributed by atoms with Crippen LogP contribution < -0.4 is 14.9 Å². The maximum absolute atomic E-state index is 13.3. The molecule has 1 amide bonds. The van der Waals surface area contributed by atoms with E-state index in [4.69, 9.17) is 26.1 Å². The molecule has 5 aromatic rings. The number of aromatic nitrogens is 1. The quantitative estimate of drug-likeness (QED) is 0.108. The van der Waals surface area contributed by atoms with E-state index in [-0.39, 0.29) is 5.91 Å². The van der Waals surface area contributed by atoms with Gasteiger partial charge in [-0.2, -0.15) is 5.10 Å². The Hall–Kier alpha value is -4.94. The van der Waals surface area contributed by atoms with Crippen LogP contribution >= 0.6 is 11.6 Å². The van der Waals surface area contributed by atoms with Crippen LogP contribution in [0.1, 0.15) is 27.0 Å². The van der Waals surface area contributed by atoms with Gasteiger partial charge in [-0.15, -0.1) is 6.58 Å². The molecule has 6 nitrogen and oxygen atoms in total. The molecule has 41 heavy (non-hydrogen) atoms. The summed E-state index contributed by atoms with van der Waals surface area (Å²) in [4.78, 5) is 18.1. The number of hydrogen-bond donors (Lipinski definition) is 1. The van der Waals surface area contributed by atoms with Crippen LogP contribution in [0, 0.1) is 0 Å². The number of rotatable bonds is 10. The Balaban J connectivity index is 1.38. The van der Waals surface area contributed by atoms with Gasteiger partial charge in [-0.1, -0.05) is 78.3 Å². The van der Waals surface area contributed by atoms with Gasteiger partial charge in [-0.3, -0.25) is 4.79 Å². The van der Waals surface area contributed by atoms with Gasteiger partial charge in [0.1, 0.15) is 6.61 Å². The number of hydrazone groups is 1. The van der Waals surface area contributed by atoms with Gasteiger partial charge in [0.2, 0.25) is 0 Å². The smallest absolute Gasteiger partial charge is 0.272 e. The zero-order valence-corrected chi connectivity index (χ0v) is 23.3. The van der Waals surface area contributed by atoms with Crippen LogP contribution in [0.3, 0.4) is 0 Å². The molecule has 0 atom stereocenters. The van der Waals surface area contributed by atoms with Crippen molar-refractivity contribution in [2.75, 3.05) is 7.11 Å². The van der Waals surface area contributed by atoms with Crippen LogP contribution in [0.15, 0.2) is 115 Å². The van der Waals surface area contributed by atoms with Crippen molar-refractivity contribution in [1.29, 1.82) is 0 Å². The first kappa shape index (κ1) is 27.6. The second kappa shape index (κ2) is 12.9. The Morgan fingerprint density at radius 2 is 1.76 bits per heavy atom. The Bertz CT molecular complexity index is 1720. The van der Waals surface area contributed by atoms with Crippen LogP contribution in [0.25, 0.3) is 22.2 Å². The molecular formula is C34H28ClN3O3. The van der Waals surface area contributed by atoms with Gasteiger partial charge < -0.3 is 9.47 Å². The number of nitrogens with one attached hydrogen (secondary N) is 1. The highest BCUT2D eigenvalue weighted by atomic mass is 35.5.